The van der Waals surface area contributed by atoms with Crippen LogP contribution in [0.25, 0.3) is 0 Å². The number of ether oxygens (including phenoxy) is 2. The molecule has 1 aliphatic rings. The van der Waals surface area contributed by atoms with Crippen LogP contribution in [-0.4, -0.2) is 36.5 Å². The fraction of sp³-hybridized carbons (Fsp3) is 0.571. The number of halogens is 1. The lowest BCUT2D eigenvalue weighted by molar-refractivity contribution is -0.105. The highest BCUT2D eigenvalue weighted by molar-refractivity contribution is 6.18. The van der Waals surface area contributed by atoms with Gasteiger partial charge in [-0.1, -0.05) is 0 Å². The minimum absolute atomic E-state index is 0.120. The smallest absolute Gasteiger partial charge is 0.199 e. The van der Waals surface area contributed by atoms with Crippen LogP contribution in [0, 0.1) is 0 Å². The monoisotopic (exact) mass is 285 g/mol. The summed E-state index contributed by atoms with van der Waals surface area (Å²) in [5.41, 5.74) is 0.932. The molecule has 0 spiro atoms. The van der Waals surface area contributed by atoms with Crippen LogP contribution in [0.4, 0.5) is 5.69 Å². The number of alkyl halides is 1. The molecule has 1 fully saturated rings. The topological polar surface area (TPSA) is 50.7 Å². The Morgan fingerprint density at radius 3 is 2.79 bits per heavy atom. The molecule has 19 heavy (non-hydrogen) atoms. The molecule has 1 aromatic rings. The Balaban J connectivity index is 1.80. The largest absolute Gasteiger partial charge is 0.465 e. The Kier molecular flexibility index (Phi) is 5.76. The van der Waals surface area contributed by atoms with Gasteiger partial charge in [0.2, 0.25) is 0 Å². The molecule has 0 aliphatic carbocycles. The van der Waals surface area contributed by atoms with Crippen LogP contribution in [0.3, 0.4) is 0 Å². The minimum Gasteiger partial charge on any atom is -0.465 e. The van der Waals surface area contributed by atoms with E-state index in [1.54, 1.807) is 0 Å². The number of aliphatic hydroxyl groups excluding tert-OH is 1. The molecule has 4 nitrogen and oxygen atoms in total. The summed E-state index contributed by atoms with van der Waals surface area (Å²) >= 11 is 5.53. The van der Waals surface area contributed by atoms with Gasteiger partial charge in [-0.3, -0.25) is 0 Å². The van der Waals surface area contributed by atoms with Gasteiger partial charge in [-0.15, -0.1) is 11.6 Å². The van der Waals surface area contributed by atoms with Crippen molar-refractivity contribution in [3.05, 3.63) is 24.3 Å². The van der Waals surface area contributed by atoms with Gasteiger partial charge in [0.05, 0.1) is 18.6 Å². The van der Waals surface area contributed by atoms with Crippen LogP contribution in [0.5, 0.6) is 5.75 Å². The van der Waals surface area contributed by atoms with Crippen molar-refractivity contribution in [2.24, 2.45) is 0 Å². The lowest BCUT2D eigenvalue weighted by Crippen LogP contribution is -2.25. The summed E-state index contributed by atoms with van der Waals surface area (Å²) in [6.45, 7) is 1.22. The first-order valence-electron chi connectivity index (χ1n) is 6.64. The second kappa shape index (κ2) is 7.58. The molecular weight excluding hydrogens is 266 g/mol. The van der Waals surface area contributed by atoms with Crippen LogP contribution in [-0.2, 0) is 4.74 Å². The fourth-order valence-electron chi connectivity index (χ4n) is 1.90. The zero-order valence-corrected chi connectivity index (χ0v) is 11.6. The van der Waals surface area contributed by atoms with Crippen molar-refractivity contribution in [3.63, 3.8) is 0 Å². The second-order valence-corrected chi connectivity index (χ2v) is 4.94. The van der Waals surface area contributed by atoms with Gasteiger partial charge in [0.1, 0.15) is 5.75 Å². The van der Waals surface area contributed by atoms with Crippen LogP contribution in [0.2, 0.25) is 0 Å². The molecule has 0 radical (unpaired) electrons. The summed E-state index contributed by atoms with van der Waals surface area (Å²) in [5, 5.41) is 12.5. The maximum atomic E-state index is 9.35. The van der Waals surface area contributed by atoms with Crippen molar-refractivity contribution in [3.8, 4) is 5.75 Å². The van der Waals surface area contributed by atoms with Crippen molar-refractivity contribution >= 4 is 17.3 Å². The third-order valence-corrected chi connectivity index (χ3v) is 3.34. The molecule has 2 N–H and O–H groups in total. The van der Waals surface area contributed by atoms with E-state index in [2.05, 4.69) is 5.32 Å². The Labute approximate surface area is 118 Å². The molecule has 2 atom stereocenters. The maximum Gasteiger partial charge on any atom is 0.199 e. The number of aliphatic hydroxyl groups is 1. The van der Waals surface area contributed by atoms with Crippen molar-refractivity contribution in [2.45, 2.75) is 31.7 Å². The number of hydrogen-bond donors (Lipinski definition) is 2. The van der Waals surface area contributed by atoms with Gasteiger partial charge in [0.15, 0.2) is 6.29 Å². The Morgan fingerprint density at radius 1 is 1.37 bits per heavy atom. The van der Waals surface area contributed by atoms with Gasteiger partial charge < -0.3 is 19.9 Å². The highest BCUT2D eigenvalue weighted by Gasteiger charge is 2.14. The molecule has 1 aliphatic heterocycles. The summed E-state index contributed by atoms with van der Waals surface area (Å²) < 4.78 is 11.3. The highest BCUT2D eigenvalue weighted by Crippen LogP contribution is 2.21. The van der Waals surface area contributed by atoms with E-state index < -0.39 is 6.10 Å². The average Bonchev–Trinajstić information content (AvgIpc) is 2.47. The van der Waals surface area contributed by atoms with Crippen molar-refractivity contribution in [1.29, 1.82) is 0 Å². The van der Waals surface area contributed by atoms with Crippen molar-refractivity contribution in [1.82, 2.24) is 0 Å². The summed E-state index contributed by atoms with van der Waals surface area (Å²) in [7, 11) is 0. The quantitative estimate of drug-likeness (QED) is 0.789. The maximum absolute atomic E-state index is 9.35. The van der Waals surface area contributed by atoms with Crippen molar-refractivity contribution < 1.29 is 14.6 Å². The van der Waals surface area contributed by atoms with Crippen LogP contribution in [0.1, 0.15) is 19.3 Å². The molecular formula is C14H20ClNO3. The number of rotatable bonds is 6. The van der Waals surface area contributed by atoms with Gasteiger partial charge in [-0.05, 0) is 37.1 Å². The SMILES string of the molecule is OC(CCl)CNc1ccc(OC2CCCCO2)cc1. The second-order valence-electron chi connectivity index (χ2n) is 4.63. The number of anilines is 1. The van der Waals surface area contributed by atoms with E-state index in [9.17, 15) is 5.11 Å². The van der Waals surface area contributed by atoms with Gasteiger partial charge in [0.25, 0.3) is 0 Å². The van der Waals surface area contributed by atoms with E-state index in [1.165, 1.54) is 0 Å². The van der Waals surface area contributed by atoms with E-state index in [0.29, 0.717) is 6.54 Å². The molecule has 1 heterocycles. The lowest BCUT2D eigenvalue weighted by atomic mass is 10.2. The van der Waals surface area contributed by atoms with Crippen LogP contribution >= 0.6 is 11.6 Å². The third-order valence-electron chi connectivity index (χ3n) is 2.98. The third kappa shape index (κ3) is 4.90. The number of nitrogens with one attached hydrogen (secondary N) is 1. The number of benzene rings is 1. The number of hydrogen-bond acceptors (Lipinski definition) is 4. The average molecular weight is 286 g/mol. The molecule has 2 unspecified atom stereocenters. The van der Waals surface area contributed by atoms with E-state index >= 15 is 0 Å². The summed E-state index contributed by atoms with van der Waals surface area (Å²) in [4.78, 5) is 0. The summed E-state index contributed by atoms with van der Waals surface area (Å²) in [6.07, 6.45) is 2.56. The first kappa shape index (κ1) is 14.4. The van der Waals surface area contributed by atoms with Crippen LogP contribution in [0.15, 0.2) is 24.3 Å². The Morgan fingerprint density at radius 2 is 2.16 bits per heavy atom. The zero-order chi connectivity index (χ0) is 13.5. The highest BCUT2D eigenvalue weighted by atomic mass is 35.5. The molecule has 1 aromatic carbocycles. The summed E-state index contributed by atoms with van der Waals surface area (Å²) in [5.74, 6) is 1.03. The first-order valence-corrected chi connectivity index (χ1v) is 7.17. The molecule has 0 amide bonds. The van der Waals surface area contributed by atoms with Crippen LogP contribution < -0.4 is 10.1 Å². The molecule has 0 aromatic heterocycles. The molecule has 2 rings (SSSR count). The van der Waals surface area contributed by atoms with E-state index in [-0.39, 0.29) is 12.2 Å². The minimum atomic E-state index is -0.534. The standard InChI is InChI=1S/C14H20ClNO3/c15-9-12(17)10-16-11-4-6-13(7-5-11)19-14-3-1-2-8-18-14/h4-7,12,14,16-17H,1-3,8-10H2. The predicted molar refractivity (Wildman–Crippen MR) is 75.9 cm³/mol. The van der Waals surface area contributed by atoms with E-state index in [4.69, 9.17) is 21.1 Å². The van der Waals surface area contributed by atoms with Gasteiger partial charge >= 0.3 is 0 Å². The normalized spacial score (nSPS) is 20.8. The molecule has 1 saturated heterocycles. The van der Waals surface area contributed by atoms with Gasteiger partial charge in [0, 0.05) is 18.7 Å². The fourth-order valence-corrected chi connectivity index (χ4v) is 2.01. The van der Waals surface area contributed by atoms with E-state index in [1.807, 2.05) is 24.3 Å². The Bertz CT molecular complexity index is 365. The molecule has 5 heteroatoms. The molecule has 0 saturated carbocycles. The Hall–Kier alpha value is -0.970. The van der Waals surface area contributed by atoms with Gasteiger partial charge in [-0.2, -0.15) is 0 Å². The lowest BCUT2D eigenvalue weighted by Gasteiger charge is -2.23. The summed E-state index contributed by atoms with van der Waals surface area (Å²) in [6, 6.07) is 7.62. The van der Waals surface area contributed by atoms with Crippen molar-refractivity contribution in [2.75, 3.05) is 24.3 Å². The van der Waals surface area contributed by atoms with Gasteiger partial charge in [-0.25, -0.2) is 0 Å². The zero-order valence-electron chi connectivity index (χ0n) is 10.8. The van der Waals surface area contributed by atoms with E-state index in [0.717, 1.165) is 37.3 Å². The molecule has 0 bridgehead atoms. The first-order chi connectivity index (χ1) is 9.28. The molecule has 106 valence electrons. The predicted octanol–water partition coefficient (Wildman–Crippen LogP) is 2.60.